The summed E-state index contributed by atoms with van der Waals surface area (Å²) in [7, 11) is -3.71. The number of sulfonamides is 1. The summed E-state index contributed by atoms with van der Waals surface area (Å²) in [4.78, 5) is 12.3. The second-order valence-corrected chi connectivity index (χ2v) is 8.08. The lowest BCUT2D eigenvalue weighted by molar-refractivity contribution is -0.140. The molecule has 9 heteroatoms. The molecule has 0 aliphatic carbocycles. The predicted molar refractivity (Wildman–Crippen MR) is 89.5 cm³/mol. The highest BCUT2D eigenvalue weighted by Gasteiger charge is 2.36. The van der Waals surface area contributed by atoms with Crippen LogP contribution in [0.25, 0.3) is 0 Å². The first kappa shape index (κ1) is 18.5. The first-order chi connectivity index (χ1) is 12.3. The molecule has 1 aliphatic rings. The topological polar surface area (TPSA) is 89.7 Å². The van der Waals surface area contributed by atoms with E-state index in [1.165, 1.54) is 28.6 Å². The predicted octanol–water partition coefficient (Wildman–Crippen LogP) is 2.44. The Bertz CT molecular complexity index is 880. The van der Waals surface area contributed by atoms with Gasteiger partial charge in [0.1, 0.15) is 22.2 Å². The molecular formula is C17H19FN2O5S. The Labute approximate surface area is 150 Å². The molecule has 0 amide bonds. The van der Waals surface area contributed by atoms with Gasteiger partial charge < -0.3 is 9.26 Å². The normalized spacial score (nSPS) is 16.6. The van der Waals surface area contributed by atoms with E-state index in [4.69, 9.17) is 9.26 Å². The summed E-state index contributed by atoms with van der Waals surface area (Å²) in [5.74, 6) is -0.743. The molecule has 26 heavy (non-hydrogen) atoms. The molecule has 1 aliphatic heterocycles. The number of hydrogen-bond acceptors (Lipinski definition) is 6. The van der Waals surface area contributed by atoms with Crippen LogP contribution in [0.4, 0.5) is 4.39 Å². The molecule has 0 N–H and O–H groups in total. The largest absolute Gasteiger partial charge is 0.426 e. The third kappa shape index (κ3) is 3.63. The summed E-state index contributed by atoms with van der Waals surface area (Å²) in [5, 5.41) is 3.69. The standard InChI is InChI=1S/C17H19FN2O5S/c1-11-16(12(2)25-19-11)26(22,23)20-9-7-13(8-10-20)17(21)24-15-5-3-14(18)4-6-15/h3-6,13H,7-10H2,1-2H3. The lowest BCUT2D eigenvalue weighted by Crippen LogP contribution is -2.41. The number of aryl methyl sites for hydroxylation is 2. The Hall–Kier alpha value is -2.26. The van der Waals surface area contributed by atoms with Gasteiger partial charge in [-0.1, -0.05) is 5.16 Å². The van der Waals surface area contributed by atoms with Gasteiger partial charge in [-0.15, -0.1) is 0 Å². The molecule has 1 aromatic heterocycles. The summed E-state index contributed by atoms with van der Waals surface area (Å²) in [6.45, 7) is 3.54. The van der Waals surface area contributed by atoms with E-state index in [2.05, 4.69) is 5.16 Å². The van der Waals surface area contributed by atoms with Crippen molar-refractivity contribution in [3.63, 3.8) is 0 Å². The molecule has 2 aromatic rings. The number of carbonyl (C=O) groups excluding carboxylic acids is 1. The van der Waals surface area contributed by atoms with Crippen LogP contribution in [0.15, 0.2) is 33.7 Å². The van der Waals surface area contributed by atoms with Crippen LogP contribution in [0.5, 0.6) is 5.75 Å². The third-order valence-corrected chi connectivity index (χ3v) is 6.53. The van der Waals surface area contributed by atoms with Crippen molar-refractivity contribution in [2.45, 2.75) is 31.6 Å². The van der Waals surface area contributed by atoms with Crippen molar-refractivity contribution in [3.8, 4) is 5.75 Å². The van der Waals surface area contributed by atoms with Crippen molar-refractivity contribution in [1.82, 2.24) is 9.46 Å². The second kappa shape index (κ2) is 7.16. The number of halogens is 1. The molecule has 0 unspecified atom stereocenters. The Morgan fingerprint density at radius 3 is 2.38 bits per heavy atom. The molecule has 0 atom stereocenters. The van der Waals surface area contributed by atoms with Crippen LogP contribution in [0.2, 0.25) is 0 Å². The molecule has 1 saturated heterocycles. The van der Waals surface area contributed by atoms with Crippen molar-refractivity contribution in [3.05, 3.63) is 41.5 Å². The molecule has 0 radical (unpaired) electrons. The van der Waals surface area contributed by atoms with Gasteiger partial charge >= 0.3 is 5.97 Å². The van der Waals surface area contributed by atoms with Gasteiger partial charge in [-0.25, -0.2) is 12.8 Å². The fraction of sp³-hybridized carbons (Fsp3) is 0.412. The Morgan fingerprint density at radius 2 is 1.85 bits per heavy atom. The van der Waals surface area contributed by atoms with Gasteiger partial charge in [0.05, 0.1) is 5.92 Å². The molecule has 140 valence electrons. The van der Waals surface area contributed by atoms with Gasteiger partial charge in [-0.05, 0) is 51.0 Å². The molecule has 3 rings (SSSR count). The number of nitrogens with zero attached hydrogens (tertiary/aromatic N) is 2. The van der Waals surface area contributed by atoms with E-state index < -0.39 is 27.7 Å². The molecule has 0 bridgehead atoms. The number of hydrogen-bond donors (Lipinski definition) is 0. The first-order valence-electron chi connectivity index (χ1n) is 8.19. The number of esters is 1. The number of piperidine rings is 1. The lowest BCUT2D eigenvalue weighted by Gasteiger charge is -2.29. The fourth-order valence-electron chi connectivity index (χ4n) is 3.01. The monoisotopic (exact) mass is 382 g/mol. The first-order valence-corrected chi connectivity index (χ1v) is 9.63. The summed E-state index contributed by atoms with van der Waals surface area (Å²) < 4.78 is 49.9. The molecule has 7 nitrogen and oxygen atoms in total. The number of benzene rings is 1. The highest BCUT2D eigenvalue weighted by molar-refractivity contribution is 7.89. The summed E-state index contributed by atoms with van der Waals surface area (Å²) >= 11 is 0. The van der Waals surface area contributed by atoms with E-state index in [1.807, 2.05) is 0 Å². The highest BCUT2D eigenvalue weighted by atomic mass is 32.2. The van der Waals surface area contributed by atoms with Crippen molar-refractivity contribution in [1.29, 1.82) is 0 Å². The van der Waals surface area contributed by atoms with Gasteiger partial charge in [-0.3, -0.25) is 4.79 Å². The minimum Gasteiger partial charge on any atom is -0.426 e. The average molecular weight is 382 g/mol. The van der Waals surface area contributed by atoms with Crippen molar-refractivity contribution < 1.29 is 26.9 Å². The van der Waals surface area contributed by atoms with Gasteiger partial charge in [0.25, 0.3) is 0 Å². The van der Waals surface area contributed by atoms with Crippen molar-refractivity contribution in [2.75, 3.05) is 13.1 Å². The minimum absolute atomic E-state index is 0.0878. The SMILES string of the molecule is Cc1noc(C)c1S(=O)(=O)N1CCC(C(=O)Oc2ccc(F)cc2)CC1. The Kier molecular flexibility index (Phi) is 5.10. The van der Waals surface area contributed by atoms with Crippen LogP contribution < -0.4 is 4.74 Å². The lowest BCUT2D eigenvalue weighted by atomic mass is 9.98. The number of ether oxygens (including phenoxy) is 1. The number of rotatable bonds is 4. The summed E-state index contributed by atoms with van der Waals surface area (Å²) in [6, 6.07) is 5.18. The average Bonchev–Trinajstić information content (AvgIpc) is 2.96. The zero-order valence-corrected chi connectivity index (χ0v) is 15.3. The van der Waals surface area contributed by atoms with E-state index >= 15 is 0 Å². The maximum atomic E-state index is 12.9. The molecule has 0 saturated carbocycles. The van der Waals surface area contributed by atoms with Crippen LogP contribution in [-0.2, 0) is 14.8 Å². The molecule has 1 aromatic carbocycles. The van der Waals surface area contributed by atoms with E-state index in [9.17, 15) is 17.6 Å². The quantitative estimate of drug-likeness (QED) is 0.596. The van der Waals surface area contributed by atoms with Gasteiger partial charge in [-0.2, -0.15) is 4.31 Å². The Morgan fingerprint density at radius 1 is 1.23 bits per heavy atom. The van der Waals surface area contributed by atoms with E-state index in [1.54, 1.807) is 13.8 Å². The smallest absolute Gasteiger partial charge is 0.314 e. The summed E-state index contributed by atoms with van der Waals surface area (Å²) in [5.41, 5.74) is 0.320. The van der Waals surface area contributed by atoms with Crippen molar-refractivity contribution >= 4 is 16.0 Å². The molecular weight excluding hydrogens is 363 g/mol. The number of aromatic nitrogens is 1. The summed E-state index contributed by atoms with van der Waals surface area (Å²) in [6.07, 6.45) is 0.700. The van der Waals surface area contributed by atoms with Crippen LogP contribution in [0, 0.1) is 25.6 Å². The molecule has 2 heterocycles. The van der Waals surface area contributed by atoms with Gasteiger partial charge in [0, 0.05) is 13.1 Å². The maximum absolute atomic E-state index is 12.9. The Balaban J connectivity index is 1.63. The van der Waals surface area contributed by atoms with Crippen LogP contribution >= 0.6 is 0 Å². The zero-order valence-electron chi connectivity index (χ0n) is 14.4. The highest BCUT2D eigenvalue weighted by Crippen LogP contribution is 2.28. The van der Waals surface area contributed by atoms with Crippen LogP contribution in [0.1, 0.15) is 24.3 Å². The van der Waals surface area contributed by atoms with Crippen LogP contribution in [0.3, 0.4) is 0 Å². The molecule has 1 fully saturated rings. The fourth-order valence-corrected chi connectivity index (χ4v) is 4.77. The zero-order chi connectivity index (χ0) is 18.9. The number of carbonyl (C=O) groups is 1. The van der Waals surface area contributed by atoms with Gasteiger partial charge in [0.15, 0.2) is 5.76 Å². The minimum atomic E-state index is -3.71. The second-order valence-electron chi connectivity index (χ2n) is 6.21. The van der Waals surface area contributed by atoms with E-state index in [-0.39, 0.29) is 29.5 Å². The van der Waals surface area contributed by atoms with Crippen LogP contribution in [-0.4, -0.2) is 36.9 Å². The third-order valence-electron chi connectivity index (χ3n) is 4.39. The van der Waals surface area contributed by atoms with Gasteiger partial charge in [0.2, 0.25) is 10.0 Å². The molecule has 0 spiro atoms. The van der Waals surface area contributed by atoms with E-state index in [0.717, 1.165) is 0 Å². The maximum Gasteiger partial charge on any atom is 0.314 e. The van der Waals surface area contributed by atoms with E-state index in [0.29, 0.717) is 18.5 Å². The van der Waals surface area contributed by atoms with Crippen molar-refractivity contribution in [2.24, 2.45) is 5.92 Å².